The number of hydrogen-bond acceptors (Lipinski definition) is 5. The van der Waals surface area contributed by atoms with Crippen molar-refractivity contribution in [3.63, 3.8) is 0 Å². The van der Waals surface area contributed by atoms with Gasteiger partial charge in [-0.25, -0.2) is 9.71 Å². The Morgan fingerprint density at radius 3 is 2.42 bits per heavy atom. The Labute approximate surface area is 119 Å². The second-order valence-corrected chi connectivity index (χ2v) is 4.84. The van der Waals surface area contributed by atoms with Crippen LogP contribution in [0.3, 0.4) is 0 Å². The van der Waals surface area contributed by atoms with Crippen LogP contribution in [0, 0.1) is 0 Å². The molecule has 0 radical (unpaired) electrons. The molecule has 2 rings (SSSR count). The minimum Gasteiger partial charge on any atom is -0.399 e. The predicted molar refractivity (Wildman–Crippen MR) is 85.0 cm³/mol. The Morgan fingerprint density at radius 2 is 1.84 bits per heavy atom. The summed E-state index contributed by atoms with van der Waals surface area (Å²) in [7, 11) is 0. The van der Waals surface area contributed by atoms with E-state index in [0.717, 1.165) is 22.0 Å². The third-order valence-corrected chi connectivity index (χ3v) is 3.14. The number of nitrogens with two attached hydrogens (primary N) is 1. The highest BCUT2D eigenvalue weighted by Crippen LogP contribution is 2.17. The molecule has 0 aromatic heterocycles. The summed E-state index contributed by atoms with van der Waals surface area (Å²) < 4.78 is 3.25. The molecule has 1 aliphatic rings. The van der Waals surface area contributed by atoms with E-state index in [1.54, 1.807) is 0 Å². The van der Waals surface area contributed by atoms with Gasteiger partial charge in [0.1, 0.15) is 0 Å². The van der Waals surface area contributed by atoms with Crippen molar-refractivity contribution in [3.05, 3.63) is 36.0 Å². The van der Waals surface area contributed by atoms with E-state index < -0.39 is 0 Å². The highest BCUT2D eigenvalue weighted by atomic mass is 32.2. The van der Waals surface area contributed by atoms with Crippen molar-refractivity contribution >= 4 is 23.3 Å². The van der Waals surface area contributed by atoms with Gasteiger partial charge in [-0.15, -0.1) is 0 Å². The van der Waals surface area contributed by atoms with Crippen molar-refractivity contribution in [1.82, 2.24) is 10.0 Å². The van der Waals surface area contributed by atoms with Crippen LogP contribution < -0.4 is 15.8 Å². The van der Waals surface area contributed by atoms with Crippen LogP contribution in [-0.4, -0.2) is 12.0 Å². The van der Waals surface area contributed by atoms with Gasteiger partial charge in [0.2, 0.25) is 0 Å². The number of aliphatic imine (C=N–C) groups is 1. The highest BCUT2D eigenvalue weighted by molar-refractivity contribution is 7.97. The topological polar surface area (TPSA) is 62.4 Å². The number of nitrogens with zero attached hydrogens (tertiary/aromatic N) is 1. The van der Waals surface area contributed by atoms with Crippen LogP contribution >= 0.6 is 11.9 Å². The molecule has 1 aromatic rings. The number of nitrogen functional groups attached to an aromatic ring is 1. The molecule has 1 unspecified atom stereocenters. The molecule has 0 fully saturated rings. The first-order valence-corrected chi connectivity index (χ1v) is 7.22. The van der Waals surface area contributed by atoms with Crippen LogP contribution in [0.2, 0.25) is 0 Å². The molecule has 4 nitrogen and oxygen atoms in total. The maximum atomic E-state index is 5.63. The lowest BCUT2D eigenvalue weighted by atomic mass is 10.3. The van der Waals surface area contributed by atoms with Gasteiger partial charge in [-0.3, -0.25) is 0 Å². The third-order valence-electron chi connectivity index (χ3n) is 2.29. The average Bonchev–Trinajstić information content (AvgIpc) is 2.39. The molecule has 104 valence electrons. The fourth-order valence-electron chi connectivity index (χ4n) is 1.56. The zero-order valence-electron chi connectivity index (χ0n) is 11.9. The predicted octanol–water partition coefficient (Wildman–Crippen LogP) is 3.14. The third kappa shape index (κ3) is 5.36. The Bertz CT molecular complexity index is 451. The van der Waals surface area contributed by atoms with E-state index in [9.17, 15) is 0 Å². The summed E-state index contributed by atoms with van der Waals surface area (Å²) in [6, 6.07) is 7.74. The molecule has 19 heavy (non-hydrogen) atoms. The second kappa shape index (κ2) is 7.86. The molecule has 0 spiro atoms. The lowest BCUT2D eigenvalue weighted by Gasteiger charge is -2.21. The van der Waals surface area contributed by atoms with Crippen LogP contribution in [0.25, 0.3) is 0 Å². The molecule has 0 saturated carbocycles. The van der Waals surface area contributed by atoms with Crippen molar-refractivity contribution in [3.8, 4) is 0 Å². The smallest absolute Gasteiger partial charge is 0.183 e. The molecule has 1 aromatic carbocycles. The molecule has 4 N–H and O–H groups in total. The Morgan fingerprint density at radius 1 is 1.21 bits per heavy atom. The minimum absolute atomic E-state index is 0.0810. The molecule has 0 amide bonds. The summed E-state index contributed by atoms with van der Waals surface area (Å²) in [5, 5.41) is 3.25. The zero-order valence-corrected chi connectivity index (χ0v) is 12.7. The van der Waals surface area contributed by atoms with Gasteiger partial charge in [0.15, 0.2) is 6.29 Å². The molecule has 0 saturated heterocycles. The summed E-state index contributed by atoms with van der Waals surface area (Å²) in [6.07, 6.45) is 1.94. The van der Waals surface area contributed by atoms with Crippen molar-refractivity contribution in [2.45, 2.75) is 38.9 Å². The maximum Gasteiger partial charge on any atom is 0.183 e. The van der Waals surface area contributed by atoms with Crippen LogP contribution in [-0.2, 0) is 0 Å². The number of anilines is 1. The Balaban J connectivity index is 0.000000861. The van der Waals surface area contributed by atoms with Gasteiger partial charge in [-0.1, -0.05) is 13.8 Å². The first-order chi connectivity index (χ1) is 9.13. The summed E-state index contributed by atoms with van der Waals surface area (Å²) in [5.41, 5.74) is 8.55. The van der Waals surface area contributed by atoms with E-state index in [2.05, 4.69) is 15.0 Å². The van der Waals surface area contributed by atoms with Crippen LogP contribution in [0.5, 0.6) is 0 Å². The van der Waals surface area contributed by atoms with Crippen LogP contribution in [0.1, 0.15) is 27.7 Å². The van der Waals surface area contributed by atoms with Crippen molar-refractivity contribution in [2.75, 3.05) is 5.73 Å². The van der Waals surface area contributed by atoms with E-state index >= 15 is 0 Å². The van der Waals surface area contributed by atoms with Gasteiger partial charge >= 0.3 is 0 Å². The van der Waals surface area contributed by atoms with Crippen molar-refractivity contribution in [1.29, 1.82) is 0 Å². The largest absolute Gasteiger partial charge is 0.399 e. The van der Waals surface area contributed by atoms with Gasteiger partial charge in [0.25, 0.3) is 0 Å². The minimum atomic E-state index is -0.0810. The van der Waals surface area contributed by atoms with E-state index in [1.807, 2.05) is 58.0 Å². The Kier molecular flexibility index (Phi) is 6.45. The second-order valence-electron chi connectivity index (χ2n) is 3.93. The van der Waals surface area contributed by atoms with Gasteiger partial charge in [-0.05, 0) is 56.1 Å². The van der Waals surface area contributed by atoms with E-state index in [1.165, 1.54) is 11.9 Å². The van der Waals surface area contributed by atoms with E-state index in [4.69, 9.17) is 5.73 Å². The molecule has 5 heteroatoms. The number of hydrogen-bond donors (Lipinski definition) is 3. The number of rotatable bonds is 3. The maximum absolute atomic E-state index is 5.63. The first-order valence-electron chi connectivity index (χ1n) is 6.40. The van der Waals surface area contributed by atoms with Crippen LogP contribution in [0.4, 0.5) is 5.69 Å². The average molecular weight is 278 g/mol. The standard InChI is InChI=1S/C12H16N4S.C2H6/c1-8-7-9(2)15-12(14-8)16-17-11-5-3-10(13)4-6-11;1-2/h3-7,12,14,16H,13H2,1-2H3;1-2H3. The zero-order chi connectivity index (χ0) is 14.3. The molecule has 1 aliphatic heterocycles. The van der Waals surface area contributed by atoms with Crippen molar-refractivity contribution in [2.24, 2.45) is 4.99 Å². The molecule has 0 bridgehead atoms. The highest BCUT2D eigenvalue weighted by Gasteiger charge is 2.10. The summed E-state index contributed by atoms with van der Waals surface area (Å²) in [5.74, 6) is 0. The lowest BCUT2D eigenvalue weighted by molar-refractivity contribution is 0.572. The molecular weight excluding hydrogens is 256 g/mol. The van der Waals surface area contributed by atoms with Gasteiger partial charge < -0.3 is 11.1 Å². The Hall–Kier alpha value is -1.46. The fraction of sp³-hybridized carbons (Fsp3) is 0.357. The van der Waals surface area contributed by atoms with Crippen LogP contribution in [0.15, 0.2) is 45.9 Å². The SMILES string of the molecule is CC.CC1=CC(C)=NC(NSc2ccc(N)cc2)N1. The summed E-state index contributed by atoms with van der Waals surface area (Å²) in [6.45, 7) is 8.02. The quantitative estimate of drug-likeness (QED) is 0.587. The summed E-state index contributed by atoms with van der Waals surface area (Å²) in [4.78, 5) is 5.55. The number of benzene rings is 1. The first kappa shape index (κ1) is 15.6. The van der Waals surface area contributed by atoms with Crippen molar-refractivity contribution < 1.29 is 0 Å². The normalized spacial score (nSPS) is 17.6. The molecule has 1 heterocycles. The molecule has 1 atom stereocenters. The van der Waals surface area contributed by atoms with E-state index in [-0.39, 0.29) is 6.29 Å². The molecule has 0 aliphatic carbocycles. The number of nitrogens with one attached hydrogen (secondary N) is 2. The number of allylic oxidation sites excluding steroid dienone is 2. The van der Waals surface area contributed by atoms with E-state index in [0.29, 0.717) is 0 Å². The summed E-state index contributed by atoms with van der Waals surface area (Å²) >= 11 is 1.54. The molecular formula is C14H22N4S. The van der Waals surface area contributed by atoms with Gasteiger partial charge in [0, 0.05) is 22.0 Å². The van der Waals surface area contributed by atoms with Gasteiger partial charge in [0.05, 0.1) is 0 Å². The fourth-order valence-corrected chi connectivity index (χ4v) is 2.19. The lowest BCUT2D eigenvalue weighted by Crippen LogP contribution is -2.38. The van der Waals surface area contributed by atoms with Gasteiger partial charge in [-0.2, -0.15) is 0 Å². The monoisotopic (exact) mass is 278 g/mol.